The van der Waals surface area contributed by atoms with Crippen LogP contribution in [0, 0.1) is 5.92 Å². The lowest BCUT2D eigenvalue weighted by molar-refractivity contribution is -0.117. The summed E-state index contributed by atoms with van der Waals surface area (Å²) >= 11 is 9.23. The maximum Gasteiger partial charge on any atom is 0.228 e. The fraction of sp³-hybridized carbons (Fsp3) is 0.294. The van der Waals surface area contributed by atoms with Crippen molar-refractivity contribution in [3.63, 3.8) is 0 Å². The van der Waals surface area contributed by atoms with Crippen LogP contribution < -0.4 is 10.7 Å². The van der Waals surface area contributed by atoms with Gasteiger partial charge in [-0.1, -0.05) is 23.7 Å². The molecular formula is C17H16BrClN2O2. The van der Waals surface area contributed by atoms with Crippen molar-refractivity contribution < 1.29 is 4.79 Å². The molecule has 4 nitrogen and oxygen atoms in total. The van der Waals surface area contributed by atoms with Crippen molar-refractivity contribution in [1.82, 2.24) is 4.57 Å². The van der Waals surface area contributed by atoms with Gasteiger partial charge < -0.3 is 9.88 Å². The first kappa shape index (κ1) is 16.3. The van der Waals surface area contributed by atoms with Crippen LogP contribution in [0.5, 0.6) is 0 Å². The Labute approximate surface area is 147 Å². The fourth-order valence-corrected chi connectivity index (χ4v) is 3.36. The number of aromatic nitrogens is 1. The summed E-state index contributed by atoms with van der Waals surface area (Å²) in [4.78, 5) is 24.5. The molecule has 2 atom stereocenters. The molecule has 0 spiro atoms. The molecule has 1 aliphatic carbocycles. The van der Waals surface area contributed by atoms with Crippen LogP contribution in [0.2, 0.25) is 5.02 Å². The molecule has 120 valence electrons. The largest absolute Gasteiger partial charge is 0.351 e. The summed E-state index contributed by atoms with van der Waals surface area (Å²) in [6.07, 6.45) is 4.16. The molecule has 1 aromatic heterocycles. The Hall–Kier alpha value is -1.59. The highest BCUT2D eigenvalue weighted by Gasteiger charge is 2.44. The molecule has 1 N–H and O–H groups in total. The molecular weight excluding hydrogens is 380 g/mol. The molecule has 1 aromatic carbocycles. The summed E-state index contributed by atoms with van der Waals surface area (Å²) in [6.45, 7) is 2.69. The van der Waals surface area contributed by atoms with Crippen molar-refractivity contribution in [1.29, 1.82) is 0 Å². The summed E-state index contributed by atoms with van der Waals surface area (Å²) in [5, 5.41) is 3.44. The highest BCUT2D eigenvalue weighted by molar-refractivity contribution is 9.10. The summed E-state index contributed by atoms with van der Waals surface area (Å²) in [5.74, 6) is -0.0518. The van der Waals surface area contributed by atoms with Gasteiger partial charge in [0.05, 0.1) is 4.47 Å². The van der Waals surface area contributed by atoms with Crippen molar-refractivity contribution in [3.05, 3.63) is 61.9 Å². The number of pyridine rings is 1. The van der Waals surface area contributed by atoms with Gasteiger partial charge in [-0.2, -0.15) is 0 Å². The van der Waals surface area contributed by atoms with Crippen molar-refractivity contribution >= 4 is 39.1 Å². The minimum atomic E-state index is -0.206. The van der Waals surface area contributed by atoms with Gasteiger partial charge in [0.25, 0.3) is 0 Å². The second-order valence-electron chi connectivity index (χ2n) is 5.67. The van der Waals surface area contributed by atoms with E-state index < -0.39 is 0 Å². The van der Waals surface area contributed by atoms with Crippen molar-refractivity contribution in [2.24, 2.45) is 5.92 Å². The Morgan fingerprint density at radius 2 is 2.22 bits per heavy atom. The van der Waals surface area contributed by atoms with E-state index in [1.807, 2.05) is 35.8 Å². The SMILES string of the molecule is CCn1cc(Br)c(=O)c(NC(=O)[C@@H]2C[C@@H]2c2cccc(Cl)c2)c1. The molecule has 0 aliphatic heterocycles. The third kappa shape index (κ3) is 3.51. The van der Waals surface area contributed by atoms with Crippen LogP contribution in [0.25, 0.3) is 0 Å². The molecule has 1 fully saturated rings. The van der Waals surface area contributed by atoms with E-state index in [2.05, 4.69) is 21.2 Å². The van der Waals surface area contributed by atoms with Crippen LogP contribution >= 0.6 is 27.5 Å². The molecule has 0 radical (unpaired) electrons. The number of amides is 1. The topological polar surface area (TPSA) is 51.1 Å². The van der Waals surface area contributed by atoms with Gasteiger partial charge >= 0.3 is 0 Å². The summed E-state index contributed by atoms with van der Waals surface area (Å²) < 4.78 is 2.29. The summed E-state index contributed by atoms with van der Waals surface area (Å²) in [5.41, 5.74) is 1.17. The Morgan fingerprint density at radius 3 is 2.91 bits per heavy atom. The number of benzene rings is 1. The van der Waals surface area contributed by atoms with Gasteiger partial charge in [0.2, 0.25) is 11.3 Å². The first-order valence-corrected chi connectivity index (χ1v) is 8.62. The molecule has 0 saturated heterocycles. The molecule has 23 heavy (non-hydrogen) atoms. The molecule has 3 rings (SSSR count). The molecule has 1 saturated carbocycles. The number of carbonyl (C=O) groups excluding carboxylic acids is 1. The Morgan fingerprint density at radius 1 is 1.43 bits per heavy atom. The first-order chi connectivity index (χ1) is 11.0. The maximum absolute atomic E-state index is 12.4. The Bertz CT molecular complexity index is 818. The van der Waals surface area contributed by atoms with Crippen molar-refractivity contribution in [3.8, 4) is 0 Å². The second-order valence-corrected chi connectivity index (χ2v) is 6.96. The third-order valence-electron chi connectivity index (χ3n) is 4.06. The lowest BCUT2D eigenvalue weighted by Gasteiger charge is -2.09. The van der Waals surface area contributed by atoms with Gasteiger partial charge in [-0.15, -0.1) is 0 Å². The van der Waals surface area contributed by atoms with Crippen LogP contribution in [0.4, 0.5) is 5.69 Å². The number of hydrogen-bond donors (Lipinski definition) is 1. The minimum absolute atomic E-state index is 0.109. The predicted octanol–water partition coefficient (Wildman–Crippen LogP) is 4.03. The normalized spacial score (nSPS) is 19.4. The Kier molecular flexibility index (Phi) is 4.60. The minimum Gasteiger partial charge on any atom is -0.351 e. The average molecular weight is 396 g/mol. The second kappa shape index (κ2) is 6.49. The number of anilines is 1. The number of hydrogen-bond acceptors (Lipinski definition) is 2. The van der Waals surface area contributed by atoms with Gasteiger partial charge in [-0.3, -0.25) is 9.59 Å². The van der Waals surface area contributed by atoms with E-state index >= 15 is 0 Å². The lowest BCUT2D eigenvalue weighted by Crippen LogP contribution is -2.22. The lowest BCUT2D eigenvalue weighted by atomic mass is 10.1. The van der Waals surface area contributed by atoms with E-state index in [-0.39, 0.29) is 23.2 Å². The van der Waals surface area contributed by atoms with Crippen LogP contribution in [0.15, 0.2) is 45.9 Å². The number of carbonyl (C=O) groups is 1. The van der Waals surface area contributed by atoms with E-state index in [0.717, 1.165) is 18.5 Å². The van der Waals surface area contributed by atoms with E-state index in [9.17, 15) is 9.59 Å². The van der Waals surface area contributed by atoms with Gasteiger partial charge in [0.15, 0.2) is 0 Å². The number of aryl methyl sites for hydroxylation is 1. The van der Waals surface area contributed by atoms with E-state index in [1.165, 1.54) is 0 Å². The smallest absolute Gasteiger partial charge is 0.228 e. The maximum atomic E-state index is 12.4. The molecule has 2 aromatic rings. The first-order valence-electron chi connectivity index (χ1n) is 7.45. The number of rotatable bonds is 4. The quantitative estimate of drug-likeness (QED) is 0.850. The Balaban J connectivity index is 1.74. The van der Waals surface area contributed by atoms with Gasteiger partial charge in [0.1, 0.15) is 5.69 Å². The van der Waals surface area contributed by atoms with Crippen LogP contribution in [0.1, 0.15) is 24.8 Å². The summed E-state index contributed by atoms with van der Waals surface area (Å²) in [6, 6.07) is 7.58. The van der Waals surface area contributed by atoms with Crippen molar-refractivity contribution in [2.75, 3.05) is 5.32 Å². The molecule has 0 unspecified atom stereocenters. The molecule has 0 bridgehead atoms. The zero-order valence-corrected chi connectivity index (χ0v) is 14.9. The standard InChI is InChI=1S/C17H16BrClN2O2/c1-2-21-8-14(18)16(22)15(9-21)20-17(23)13-7-12(13)10-4-3-5-11(19)6-10/h3-6,8-9,12-13H,2,7H2,1H3,(H,20,23)/t12-,13-/m1/s1. The zero-order valence-electron chi connectivity index (χ0n) is 12.6. The van der Waals surface area contributed by atoms with Gasteiger partial charge in [-0.05, 0) is 52.9 Å². The molecule has 1 aliphatic rings. The molecule has 1 amide bonds. The molecule has 1 heterocycles. The predicted molar refractivity (Wildman–Crippen MR) is 95.0 cm³/mol. The zero-order chi connectivity index (χ0) is 16.6. The fourth-order valence-electron chi connectivity index (χ4n) is 2.68. The van der Waals surface area contributed by atoms with E-state index in [4.69, 9.17) is 11.6 Å². The van der Waals surface area contributed by atoms with Crippen LogP contribution in [0.3, 0.4) is 0 Å². The van der Waals surface area contributed by atoms with Crippen LogP contribution in [-0.2, 0) is 11.3 Å². The average Bonchev–Trinajstić information content (AvgIpc) is 3.32. The highest BCUT2D eigenvalue weighted by Crippen LogP contribution is 2.48. The van der Waals surface area contributed by atoms with Gasteiger partial charge in [-0.25, -0.2) is 0 Å². The highest BCUT2D eigenvalue weighted by atomic mass is 79.9. The molecule has 6 heteroatoms. The van der Waals surface area contributed by atoms with Gasteiger partial charge in [0, 0.05) is 29.9 Å². The number of halogens is 2. The monoisotopic (exact) mass is 394 g/mol. The number of nitrogens with one attached hydrogen (secondary N) is 1. The number of nitrogens with zero attached hydrogens (tertiary/aromatic N) is 1. The van der Waals surface area contributed by atoms with E-state index in [0.29, 0.717) is 15.2 Å². The van der Waals surface area contributed by atoms with E-state index in [1.54, 1.807) is 12.4 Å². The van der Waals surface area contributed by atoms with Crippen molar-refractivity contribution in [2.45, 2.75) is 25.8 Å². The summed E-state index contributed by atoms with van der Waals surface area (Å²) in [7, 11) is 0. The third-order valence-corrected chi connectivity index (χ3v) is 4.86. The van der Waals surface area contributed by atoms with Crippen LogP contribution in [-0.4, -0.2) is 10.5 Å².